The van der Waals surface area contributed by atoms with E-state index in [1.54, 1.807) is 0 Å². The lowest BCUT2D eigenvalue weighted by Gasteiger charge is -2.26. The molecule has 0 fully saturated rings. The van der Waals surface area contributed by atoms with Crippen molar-refractivity contribution in [1.82, 2.24) is 0 Å². The third-order valence-electron chi connectivity index (χ3n) is 11.9. The number of esters is 2. The van der Waals surface area contributed by atoms with Gasteiger partial charge in [-0.3, -0.25) is 9.59 Å². The highest BCUT2D eigenvalue weighted by molar-refractivity contribution is 5.70. The second kappa shape index (κ2) is 48.0. The number of carbonyl (C=O) groups is 3. The summed E-state index contributed by atoms with van der Waals surface area (Å²) in [5.74, 6) is -2.29. The largest absolute Gasteiger partial charge is 0.545 e. The van der Waals surface area contributed by atoms with E-state index in [1.807, 2.05) is 21.1 Å². The van der Waals surface area contributed by atoms with Gasteiger partial charge >= 0.3 is 11.9 Å². The Balaban J connectivity index is 4.12. The van der Waals surface area contributed by atoms with Gasteiger partial charge in [-0.1, -0.05) is 204 Å². The van der Waals surface area contributed by atoms with Gasteiger partial charge < -0.3 is 33.3 Å². The lowest BCUT2D eigenvalue weighted by molar-refractivity contribution is -0.870. The van der Waals surface area contributed by atoms with Gasteiger partial charge in [0.1, 0.15) is 13.2 Å². The number of allylic oxidation sites excluding steroid dienone is 6. The van der Waals surface area contributed by atoms with E-state index >= 15 is 0 Å². The molecule has 0 radical (unpaired) electrons. The lowest BCUT2D eigenvalue weighted by Crippen LogP contribution is -2.44. The van der Waals surface area contributed by atoms with Crippen molar-refractivity contribution in [2.75, 3.05) is 47.5 Å². The van der Waals surface area contributed by atoms with Gasteiger partial charge in [-0.2, -0.15) is 0 Å². The zero-order valence-corrected chi connectivity index (χ0v) is 43.1. The van der Waals surface area contributed by atoms with Crippen molar-refractivity contribution < 1.29 is 42.9 Å². The monoisotopic (exact) mass is 918 g/mol. The fourth-order valence-corrected chi connectivity index (χ4v) is 7.61. The summed E-state index contributed by atoms with van der Waals surface area (Å²) in [6.07, 6.45) is 53.5. The molecule has 0 aliphatic heterocycles. The van der Waals surface area contributed by atoms with Gasteiger partial charge in [0.15, 0.2) is 12.4 Å². The highest BCUT2D eigenvalue weighted by Gasteiger charge is 2.22. The molecular weight excluding hydrogens is 815 g/mol. The number of unbranched alkanes of at least 4 members (excludes halogenated alkanes) is 29. The maximum Gasteiger partial charge on any atom is 0.306 e. The lowest BCUT2D eigenvalue weighted by atomic mass is 10.0. The fraction of sp³-hybridized carbons (Fsp3) is 0.839. The summed E-state index contributed by atoms with van der Waals surface area (Å²) in [6, 6.07) is 0. The number of carboxylic acid groups (broad SMARTS) is 1. The molecule has 0 saturated heterocycles. The number of hydrogen-bond donors (Lipinski definition) is 0. The minimum absolute atomic E-state index is 0.147. The van der Waals surface area contributed by atoms with Crippen LogP contribution < -0.4 is 5.11 Å². The van der Waals surface area contributed by atoms with Gasteiger partial charge in [0.2, 0.25) is 0 Å². The van der Waals surface area contributed by atoms with E-state index in [4.69, 9.17) is 18.9 Å². The molecule has 0 N–H and O–H groups in total. The molecular formula is C56H103NO8. The summed E-state index contributed by atoms with van der Waals surface area (Å²) in [5.41, 5.74) is 0. The Hall–Kier alpha value is -2.49. The van der Waals surface area contributed by atoms with Gasteiger partial charge in [-0.25, -0.2) is 0 Å². The normalized spacial score (nSPS) is 13.1. The van der Waals surface area contributed by atoms with Crippen LogP contribution in [-0.4, -0.2) is 82.3 Å². The van der Waals surface area contributed by atoms with E-state index in [-0.39, 0.29) is 38.6 Å². The molecule has 2 unspecified atom stereocenters. The maximum atomic E-state index is 12.8. The third kappa shape index (κ3) is 49.2. The van der Waals surface area contributed by atoms with Crippen LogP contribution in [-0.2, 0) is 33.3 Å². The third-order valence-corrected chi connectivity index (χ3v) is 11.9. The Kier molecular flexibility index (Phi) is 46.1. The molecule has 0 aliphatic rings. The molecule has 0 rings (SSSR count). The molecule has 0 aliphatic carbocycles. The highest BCUT2D eigenvalue weighted by atomic mass is 16.7. The van der Waals surface area contributed by atoms with Crippen LogP contribution >= 0.6 is 0 Å². The Morgan fingerprint density at radius 3 is 1.28 bits per heavy atom. The first-order valence-corrected chi connectivity index (χ1v) is 27.1. The summed E-state index contributed by atoms with van der Waals surface area (Å²) in [6.45, 7) is 4.70. The summed E-state index contributed by atoms with van der Waals surface area (Å²) in [5, 5.41) is 11.7. The van der Waals surface area contributed by atoms with E-state index in [2.05, 4.69) is 50.3 Å². The fourth-order valence-electron chi connectivity index (χ4n) is 7.61. The quantitative estimate of drug-likeness (QED) is 0.0195. The van der Waals surface area contributed by atoms with Crippen LogP contribution in [0.1, 0.15) is 245 Å². The first-order valence-electron chi connectivity index (χ1n) is 27.1. The molecule has 380 valence electrons. The number of nitrogens with zero attached hydrogens (tertiary/aromatic N) is 1. The topological polar surface area (TPSA) is 111 Å². The molecule has 0 saturated carbocycles. The van der Waals surface area contributed by atoms with Gasteiger partial charge in [0.25, 0.3) is 0 Å². The molecule has 0 amide bonds. The molecule has 65 heavy (non-hydrogen) atoms. The van der Waals surface area contributed by atoms with Crippen LogP contribution in [0.4, 0.5) is 0 Å². The zero-order valence-electron chi connectivity index (χ0n) is 43.1. The summed E-state index contributed by atoms with van der Waals surface area (Å²) < 4.78 is 22.6. The van der Waals surface area contributed by atoms with Crippen LogP contribution in [0.25, 0.3) is 0 Å². The van der Waals surface area contributed by atoms with E-state index < -0.39 is 24.3 Å². The van der Waals surface area contributed by atoms with Crippen molar-refractivity contribution in [3.8, 4) is 0 Å². The molecule has 0 spiro atoms. The minimum Gasteiger partial charge on any atom is -0.545 e. The van der Waals surface area contributed by atoms with Crippen molar-refractivity contribution in [2.45, 2.75) is 257 Å². The number of quaternary nitrogens is 1. The average molecular weight is 918 g/mol. The smallest absolute Gasteiger partial charge is 0.306 e. The van der Waals surface area contributed by atoms with Crippen molar-refractivity contribution in [1.29, 1.82) is 0 Å². The van der Waals surface area contributed by atoms with Crippen molar-refractivity contribution in [2.24, 2.45) is 0 Å². The molecule has 0 aromatic rings. The van der Waals surface area contributed by atoms with Gasteiger partial charge in [-0.05, 0) is 64.2 Å². The standard InChI is InChI=1S/C56H103NO8/c1-6-8-10-12-14-16-18-19-20-21-22-23-24-25-26-27-28-29-30-31-32-33-34-35-37-39-41-43-45-47-54(59)65-52(51-64-56(55(60)61)62-49-48-57(3,4)5)50-63-53(58)46-44-42-40-38-36-17-15-13-11-9-7-2/h13,15,18-19,21-22,52,56H,6-12,14,16-17,20,23-51H2,1-5H3/b15-13-,19-18-,22-21-. The summed E-state index contributed by atoms with van der Waals surface area (Å²) >= 11 is 0. The number of likely N-dealkylation sites (N-methyl/N-ethyl adjacent to an activating group) is 1. The number of carbonyl (C=O) groups excluding carboxylic acids is 3. The van der Waals surface area contributed by atoms with Crippen LogP contribution in [0.5, 0.6) is 0 Å². The van der Waals surface area contributed by atoms with Crippen LogP contribution in [0.15, 0.2) is 36.5 Å². The molecule has 9 nitrogen and oxygen atoms in total. The molecule has 0 aromatic heterocycles. The highest BCUT2D eigenvalue weighted by Crippen LogP contribution is 2.16. The van der Waals surface area contributed by atoms with E-state index in [0.29, 0.717) is 17.4 Å². The van der Waals surface area contributed by atoms with Crippen molar-refractivity contribution in [3.05, 3.63) is 36.5 Å². The minimum atomic E-state index is -1.62. The molecule has 2 atom stereocenters. The van der Waals surface area contributed by atoms with Crippen molar-refractivity contribution in [3.63, 3.8) is 0 Å². The van der Waals surface area contributed by atoms with E-state index in [1.165, 1.54) is 148 Å². The maximum absolute atomic E-state index is 12.8. The predicted molar refractivity (Wildman–Crippen MR) is 269 cm³/mol. The average Bonchev–Trinajstić information content (AvgIpc) is 3.27. The Morgan fingerprint density at radius 2 is 0.846 bits per heavy atom. The number of hydrogen-bond acceptors (Lipinski definition) is 8. The SMILES string of the molecule is CCCC/C=C\CCCCCCCC(=O)OCC(COC(OCC[N+](C)(C)C)C(=O)[O-])OC(=O)CCCCCCCCCCCCCCCCCCC/C=C\C/C=C\CCCCCCC. The molecule has 9 heteroatoms. The van der Waals surface area contributed by atoms with Crippen LogP contribution in [0, 0.1) is 0 Å². The Bertz CT molecular complexity index is 1160. The van der Waals surface area contributed by atoms with E-state index in [9.17, 15) is 19.5 Å². The predicted octanol–water partition coefficient (Wildman–Crippen LogP) is 14.0. The first kappa shape index (κ1) is 62.5. The Morgan fingerprint density at radius 1 is 0.462 bits per heavy atom. The molecule has 0 heterocycles. The molecule has 0 bridgehead atoms. The van der Waals surface area contributed by atoms with Gasteiger partial charge in [0.05, 0.1) is 40.3 Å². The van der Waals surface area contributed by atoms with Gasteiger partial charge in [0, 0.05) is 12.8 Å². The van der Waals surface area contributed by atoms with E-state index in [0.717, 1.165) is 64.2 Å². The Labute approximate surface area is 400 Å². The van der Waals surface area contributed by atoms with Crippen molar-refractivity contribution >= 4 is 17.9 Å². The second-order valence-corrected chi connectivity index (χ2v) is 19.5. The zero-order chi connectivity index (χ0) is 47.7. The summed E-state index contributed by atoms with van der Waals surface area (Å²) in [7, 11) is 5.91. The number of rotatable bonds is 50. The second-order valence-electron chi connectivity index (χ2n) is 19.5. The number of carboxylic acids is 1. The number of aliphatic carboxylic acids is 1. The van der Waals surface area contributed by atoms with Gasteiger partial charge in [-0.15, -0.1) is 0 Å². The summed E-state index contributed by atoms with van der Waals surface area (Å²) in [4.78, 5) is 37.1. The first-order chi connectivity index (χ1) is 31.6. The molecule has 0 aromatic carbocycles. The van der Waals surface area contributed by atoms with Crippen LogP contribution in [0.2, 0.25) is 0 Å². The number of ether oxygens (including phenoxy) is 4. The van der Waals surface area contributed by atoms with Crippen LogP contribution in [0.3, 0.4) is 0 Å².